The Hall–Kier alpha value is -2.38. The molecule has 1 N–H and O–H groups in total. The summed E-state index contributed by atoms with van der Waals surface area (Å²) in [6.07, 6.45) is 5.31. The average molecular weight is 439 g/mol. The van der Waals surface area contributed by atoms with E-state index in [2.05, 4.69) is 39.0 Å². The molecule has 0 fully saturated rings. The first-order valence-corrected chi connectivity index (χ1v) is 12.0. The van der Waals surface area contributed by atoms with Gasteiger partial charge in [0.15, 0.2) is 11.0 Å². The van der Waals surface area contributed by atoms with Crippen LogP contribution >= 0.6 is 23.1 Å². The first kappa shape index (κ1) is 20.9. The minimum absolute atomic E-state index is 0.0501. The second-order valence-corrected chi connectivity index (χ2v) is 9.66. The number of aromatic nitrogens is 3. The van der Waals surface area contributed by atoms with Gasteiger partial charge in [0.1, 0.15) is 0 Å². The third kappa shape index (κ3) is 4.37. The van der Waals surface area contributed by atoms with Gasteiger partial charge < -0.3 is 5.32 Å². The molecule has 1 atom stereocenters. The predicted octanol–water partition coefficient (Wildman–Crippen LogP) is 5.36. The van der Waals surface area contributed by atoms with E-state index in [1.54, 1.807) is 0 Å². The van der Waals surface area contributed by atoms with E-state index in [1.807, 2.05) is 48.6 Å². The smallest absolute Gasteiger partial charge is 0.234 e. The normalized spacial score (nSPS) is 15.6. The van der Waals surface area contributed by atoms with Crippen LogP contribution in [0.3, 0.4) is 0 Å². The number of nitrogens with one attached hydrogen (secondary N) is 1. The monoisotopic (exact) mass is 438 g/mol. The molecule has 0 saturated heterocycles. The van der Waals surface area contributed by atoms with Crippen molar-refractivity contribution in [3.63, 3.8) is 0 Å². The maximum absolute atomic E-state index is 12.5. The molecule has 7 heteroatoms. The summed E-state index contributed by atoms with van der Waals surface area (Å²) < 4.78 is 2.07. The number of benzene rings is 1. The number of nitrogens with zero attached hydrogens (tertiary/aromatic N) is 3. The molecule has 0 saturated carbocycles. The summed E-state index contributed by atoms with van der Waals surface area (Å²) in [5.74, 6) is 1.85. The minimum atomic E-state index is -0.0501. The van der Waals surface area contributed by atoms with Gasteiger partial charge in [-0.15, -0.1) is 28.1 Å². The van der Waals surface area contributed by atoms with Gasteiger partial charge in [-0.05, 0) is 49.3 Å². The number of rotatable bonds is 7. The van der Waals surface area contributed by atoms with Gasteiger partial charge >= 0.3 is 0 Å². The fourth-order valence-electron chi connectivity index (χ4n) is 3.78. The molecule has 0 radical (unpaired) electrons. The molecule has 2 heterocycles. The molecule has 5 nitrogen and oxygen atoms in total. The van der Waals surface area contributed by atoms with Crippen molar-refractivity contribution in [3.8, 4) is 11.4 Å². The van der Waals surface area contributed by atoms with Crippen LogP contribution in [0.4, 0.5) is 5.69 Å². The molecule has 3 aromatic rings. The number of allylic oxidation sites excluding steroid dienone is 1. The van der Waals surface area contributed by atoms with Gasteiger partial charge in [0, 0.05) is 28.1 Å². The van der Waals surface area contributed by atoms with E-state index < -0.39 is 0 Å². The third-order valence-electron chi connectivity index (χ3n) is 5.42. The lowest BCUT2D eigenvalue weighted by molar-refractivity contribution is -0.113. The maximum atomic E-state index is 12.5. The number of hydrogen-bond acceptors (Lipinski definition) is 5. The van der Waals surface area contributed by atoms with Gasteiger partial charge in [-0.25, -0.2) is 0 Å². The van der Waals surface area contributed by atoms with Crippen molar-refractivity contribution < 1.29 is 4.79 Å². The number of carbonyl (C=O) groups is 1. The molecule has 1 amide bonds. The van der Waals surface area contributed by atoms with E-state index in [0.717, 1.165) is 41.0 Å². The van der Waals surface area contributed by atoms with Gasteiger partial charge in [-0.2, -0.15) is 0 Å². The number of amides is 1. The van der Waals surface area contributed by atoms with Crippen molar-refractivity contribution in [3.05, 3.63) is 58.3 Å². The van der Waals surface area contributed by atoms with E-state index in [4.69, 9.17) is 0 Å². The van der Waals surface area contributed by atoms with Crippen LogP contribution in [0, 0.1) is 12.8 Å². The van der Waals surface area contributed by atoms with Crippen LogP contribution in [0.1, 0.15) is 29.3 Å². The zero-order valence-corrected chi connectivity index (χ0v) is 19.0. The first-order valence-electron chi connectivity index (χ1n) is 10.2. The number of carbonyl (C=O) groups excluding carboxylic acids is 1. The van der Waals surface area contributed by atoms with E-state index in [0.29, 0.717) is 6.54 Å². The van der Waals surface area contributed by atoms with Crippen LogP contribution in [-0.2, 0) is 24.2 Å². The molecular weight excluding hydrogens is 412 g/mol. The number of hydrogen-bond donors (Lipinski definition) is 1. The van der Waals surface area contributed by atoms with Crippen LogP contribution in [0.5, 0.6) is 0 Å². The highest BCUT2D eigenvalue weighted by Crippen LogP contribution is 2.38. The number of anilines is 1. The molecule has 1 aliphatic carbocycles. The number of thioether (sulfide) groups is 1. The maximum Gasteiger partial charge on any atom is 0.234 e. The highest BCUT2D eigenvalue weighted by Gasteiger charge is 2.24. The summed E-state index contributed by atoms with van der Waals surface area (Å²) in [6.45, 7) is 8.81. The number of fused-ring (bicyclic) bond motifs is 1. The topological polar surface area (TPSA) is 59.8 Å². The predicted molar refractivity (Wildman–Crippen MR) is 125 cm³/mol. The molecule has 30 heavy (non-hydrogen) atoms. The fourth-order valence-corrected chi connectivity index (χ4v) is 5.77. The van der Waals surface area contributed by atoms with Gasteiger partial charge in [0.2, 0.25) is 5.91 Å². The quantitative estimate of drug-likeness (QED) is 0.399. The van der Waals surface area contributed by atoms with Crippen molar-refractivity contribution >= 4 is 34.7 Å². The molecule has 0 aliphatic heterocycles. The molecule has 1 aromatic carbocycles. The number of aryl methyl sites for hydroxylation is 1. The molecular formula is C23H26N4OS2. The zero-order valence-electron chi connectivity index (χ0n) is 17.4. The highest BCUT2D eigenvalue weighted by atomic mass is 32.2. The zero-order chi connectivity index (χ0) is 21.1. The van der Waals surface area contributed by atoms with Gasteiger partial charge in [-0.1, -0.05) is 43.0 Å². The molecule has 1 unspecified atom stereocenters. The summed E-state index contributed by atoms with van der Waals surface area (Å²) >= 11 is 3.24. The van der Waals surface area contributed by atoms with Crippen molar-refractivity contribution in [2.45, 2.75) is 44.8 Å². The van der Waals surface area contributed by atoms with Crippen LogP contribution in [0.2, 0.25) is 0 Å². The molecule has 2 aromatic heterocycles. The lowest BCUT2D eigenvalue weighted by Gasteiger charge is -2.19. The SMILES string of the molecule is C=CCn1c(SCC(=O)Nc2ccccc2C)nnc1-c1csc2c1CCC(C)C2. The second-order valence-electron chi connectivity index (χ2n) is 7.76. The van der Waals surface area contributed by atoms with Crippen molar-refractivity contribution in [1.82, 2.24) is 14.8 Å². The summed E-state index contributed by atoms with van der Waals surface area (Å²) in [5, 5.41) is 14.8. The largest absolute Gasteiger partial charge is 0.325 e. The Morgan fingerprint density at radius 1 is 1.40 bits per heavy atom. The Morgan fingerprint density at radius 3 is 3.03 bits per heavy atom. The molecule has 0 spiro atoms. The Bertz CT molecular complexity index is 1070. The van der Waals surface area contributed by atoms with Crippen LogP contribution in [0.25, 0.3) is 11.4 Å². The second kappa shape index (κ2) is 9.18. The summed E-state index contributed by atoms with van der Waals surface area (Å²) in [6, 6.07) is 7.78. The average Bonchev–Trinajstić information content (AvgIpc) is 3.32. The Balaban J connectivity index is 1.51. The summed E-state index contributed by atoms with van der Waals surface area (Å²) in [7, 11) is 0. The van der Waals surface area contributed by atoms with Crippen LogP contribution < -0.4 is 5.32 Å². The van der Waals surface area contributed by atoms with E-state index in [9.17, 15) is 4.79 Å². The van der Waals surface area contributed by atoms with E-state index in [1.165, 1.54) is 34.2 Å². The van der Waals surface area contributed by atoms with Crippen molar-refractivity contribution in [1.29, 1.82) is 0 Å². The molecule has 4 rings (SSSR count). The van der Waals surface area contributed by atoms with Gasteiger partial charge in [-0.3, -0.25) is 9.36 Å². The Morgan fingerprint density at radius 2 is 2.23 bits per heavy atom. The summed E-state index contributed by atoms with van der Waals surface area (Å²) in [5.41, 5.74) is 4.50. The summed E-state index contributed by atoms with van der Waals surface area (Å²) in [4.78, 5) is 13.9. The fraction of sp³-hybridized carbons (Fsp3) is 0.348. The molecule has 156 valence electrons. The van der Waals surface area contributed by atoms with E-state index in [-0.39, 0.29) is 11.7 Å². The highest BCUT2D eigenvalue weighted by molar-refractivity contribution is 7.99. The first-order chi connectivity index (χ1) is 14.6. The van der Waals surface area contributed by atoms with Crippen molar-refractivity contribution in [2.24, 2.45) is 5.92 Å². The third-order valence-corrected chi connectivity index (χ3v) is 7.44. The van der Waals surface area contributed by atoms with Crippen molar-refractivity contribution in [2.75, 3.05) is 11.1 Å². The molecule has 1 aliphatic rings. The number of thiophene rings is 1. The van der Waals surface area contributed by atoms with Gasteiger partial charge in [0.25, 0.3) is 0 Å². The standard InChI is InChI=1S/C23H26N4OS2/c1-4-11-27-22(18-13-29-20-12-15(2)9-10-17(18)20)25-26-23(27)30-14-21(28)24-19-8-6-5-7-16(19)3/h4-8,13,15H,1,9-12,14H2,2-3H3,(H,24,28). The van der Waals surface area contributed by atoms with E-state index >= 15 is 0 Å². The Kier molecular flexibility index (Phi) is 6.39. The Labute approximate surface area is 185 Å². The molecule has 0 bridgehead atoms. The lowest BCUT2D eigenvalue weighted by Crippen LogP contribution is -2.15. The minimum Gasteiger partial charge on any atom is -0.325 e. The van der Waals surface area contributed by atoms with Crippen LogP contribution in [-0.4, -0.2) is 26.4 Å². The lowest BCUT2D eigenvalue weighted by atomic mass is 9.88. The van der Waals surface area contributed by atoms with Gasteiger partial charge in [0.05, 0.1) is 5.75 Å². The van der Waals surface area contributed by atoms with Crippen LogP contribution in [0.15, 0.2) is 47.5 Å². The number of para-hydroxylation sites is 1.